The van der Waals surface area contributed by atoms with Gasteiger partial charge in [0.25, 0.3) is 0 Å². The highest BCUT2D eigenvalue weighted by Gasteiger charge is 2.35. The molecule has 0 aliphatic rings. The van der Waals surface area contributed by atoms with Crippen LogP contribution < -0.4 is 0 Å². The first-order valence-corrected chi connectivity index (χ1v) is 12.0. The zero-order valence-corrected chi connectivity index (χ0v) is 17.7. The summed E-state index contributed by atoms with van der Waals surface area (Å²) in [5.74, 6) is -0.304. The highest BCUT2D eigenvalue weighted by atomic mass is 35.5. The summed E-state index contributed by atoms with van der Waals surface area (Å²) < 4.78 is 13.5. The lowest BCUT2D eigenvalue weighted by Crippen LogP contribution is -2.11. The van der Waals surface area contributed by atoms with Gasteiger partial charge in [-0.3, -0.25) is 9.36 Å². The summed E-state index contributed by atoms with van der Waals surface area (Å²) >= 11 is 13.5. The van der Waals surface area contributed by atoms with Crippen molar-refractivity contribution in [3.8, 4) is 0 Å². The molecule has 0 bridgehead atoms. The smallest absolute Gasteiger partial charge is 0.212 e. The zero-order valence-electron chi connectivity index (χ0n) is 14.4. The first-order valence-electron chi connectivity index (χ1n) is 8.17. The number of hydrogen-bond acceptors (Lipinski definition) is 3. The van der Waals surface area contributed by atoms with Gasteiger partial charge < -0.3 is 4.89 Å². The molecule has 2 aromatic carbocycles. The van der Waals surface area contributed by atoms with E-state index < -0.39 is 13.0 Å². The summed E-state index contributed by atoms with van der Waals surface area (Å²) in [5, 5.41) is 3.66. The monoisotopic (exact) mass is 438 g/mol. The molecule has 0 saturated carbocycles. The number of carbonyl (C=O) groups excluding carboxylic acids is 1. The molecule has 0 aliphatic heterocycles. The van der Waals surface area contributed by atoms with Crippen LogP contribution in [0.2, 0.25) is 10.0 Å². The normalized spacial score (nSPS) is 15.1. The standard InChI is InChI=1S/C20H17Cl2O3PS/c1-26(24,25)20(17-12-27-19-9-8-15(22)11-16(17)19)18(23)7-3-5-13-4-2-6-14(21)10-13/h2-6,8-12,20H,7H2,1H3,(H,24,25)/b5-3+. The number of rotatable bonds is 6. The molecule has 0 radical (unpaired) electrons. The molecule has 1 N–H and O–H groups in total. The van der Waals surface area contributed by atoms with E-state index in [4.69, 9.17) is 23.2 Å². The number of hydrogen-bond donors (Lipinski definition) is 1. The van der Waals surface area contributed by atoms with Crippen molar-refractivity contribution in [2.24, 2.45) is 0 Å². The van der Waals surface area contributed by atoms with Crippen LogP contribution in [-0.2, 0) is 9.36 Å². The summed E-state index contributed by atoms with van der Waals surface area (Å²) in [5.41, 5.74) is 0.351. The third-order valence-electron chi connectivity index (χ3n) is 4.12. The summed E-state index contributed by atoms with van der Waals surface area (Å²) in [6, 6.07) is 12.6. The van der Waals surface area contributed by atoms with Crippen LogP contribution in [0.1, 0.15) is 23.2 Å². The second-order valence-corrected chi connectivity index (χ2v) is 10.5. The predicted octanol–water partition coefficient (Wildman–Crippen LogP) is 6.82. The molecule has 0 spiro atoms. The topological polar surface area (TPSA) is 54.4 Å². The van der Waals surface area contributed by atoms with E-state index in [-0.39, 0.29) is 12.2 Å². The Kier molecular flexibility index (Phi) is 6.25. The second kappa shape index (κ2) is 8.30. The molecule has 1 aromatic heterocycles. The van der Waals surface area contributed by atoms with Crippen LogP contribution in [0.25, 0.3) is 16.2 Å². The molecule has 0 amide bonds. The maximum Gasteiger partial charge on any atom is 0.212 e. The number of allylic oxidation sites excluding steroid dienone is 1. The lowest BCUT2D eigenvalue weighted by Gasteiger charge is -2.18. The molecule has 0 fully saturated rings. The average Bonchev–Trinajstić information content (AvgIpc) is 2.96. The summed E-state index contributed by atoms with van der Waals surface area (Å²) in [6.07, 6.45) is 3.52. The van der Waals surface area contributed by atoms with E-state index >= 15 is 0 Å². The van der Waals surface area contributed by atoms with Crippen molar-refractivity contribution in [2.75, 3.05) is 6.66 Å². The molecule has 3 aromatic rings. The first-order chi connectivity index (χ1) is 12.8. The van der Waals surface area contributed by atoms with E-state index in [0.29, 0.717) is 15.6 Å². The van der Waals surface area contributed by atoms with Crippen LogP contribution in [-0.4, -0.2) is 17.3 Å². The summed E-state index contributed by atoms with van der Waals surface area (Å²) in [7, 11) is -3.70. The highest BCUT2D eigenvalue weighted by Crippen LogP contribution is 2.55. The minimum Gasteiger partial charge on any atom is -0.344 e. The quantitative estimate of drug-likeness (QED) is 0.429. The number of Topliss-reactive ketones (excluding diaryl/α,β-unsaturated/α-hetero) is 1. The van der Waals surface area contributed by atoms with Gasteiger partial charge in [-0.05, 0) is 52.2 Å². The minimum atomic E-state index is -3.70. The van der Waals surface area contributed by atoms with Crippen LogP contribution in [0.4, 0.5) is 0 Å². The summed E-state index contributed by atoms with van der Waals surface area (Å²) in [4.78, 5) is 23.1. The molecular weight excluding hydrogens is 422 g/mol. The minimum absolute atomic E-state index is 0.0491. The van der Waals surface area contributed by atoms with Gasteiger partial charge in [0.1, 0.15) is 5.66 Å². The lowest BCUT2D eigenvalue weighted by atomic mass is 10.0. The van der Waals surface area contributed by atoms with E-state index in [0.717, 1.165) is 15.6 Å². The molecule has 0 saturated heterocycles. The van der Waals surface area contributed by atoms with Crippen LogP contribution >= 0.6 is 41.9 Å². The van der Waals surface area contributed by atoms with E-state index in [1.807, 2.05) is 18.2 Å². The molecule has 1 heterocycles. The van der Waals surface area contributed by atoms with Crippen molar-refractivity contribution >= 4 is 63.9 Å². The molecular formula is C20H17Cl2O3PS. The number of ketones is 1. The van der Waals surface area contributed by atoms with Gasteiger partial charge in [-0.25, -0.2) is 0 Å². The lowest BCUT2D eigenvalue weighted by molar-refractivity contribution is -0.118. The number of thiophene rings is 1. The van der Waals surface area contributed by atoms with Crippen LogP contribution in [0.5, 0.6) is 0 Å². The molecule has 2 unspecified atom stereocenters. The maximum atomic E-state index is 12.8. The molecule has 2 atom stereocenters. The molecule has 3 rings (SSSR count). The SMILES string of the molecule is CP(=O)(O)C(C(=O)C/C=C/c1cccc(Cl)c1)c1csc2ccc(Cl)cc12. The Morgan fingerprint density at radius 3 is 2.67 bits per heavy atom. The Balaban J connectivity index is 1.89. The molecule has 140 valence electrons. The molecule has 3 nitrogen and oxygen atoms in total. The van der Waals surface area contributed by atoms with Crippen molar-refractivity contribution in [2.45, 2.75) is 12.1 Å². The van der Waals surface area contributed by atoms with Gasteiger partial charge in [0.2, 0.25) is 7.37 Å². The van der Waals surface area contributed by atoms with Gasteiger partial charge in [-0.1, -0.05) is 47.5 Å². The van der Waals surface area contributed by atoms with Crippen LogP contribution in [0, 0.1) is 0 Å². The van der Waals surface area contributed by atoms with E-state index in [9.17, 15) is 14.3 Å². The Morgan fingerprint density at radius 1 is 1.22 bits per heavy atom. The number of halogens is 2. The van der Waals surface area contributed by atoms with Gasteiger partial charge >= 0.3 is 0 Å². The molecule has 7 heteroatoms. The second-order valence-electron chi connectivity index (χ2n) is 6.31. The van der Waals surface area contributed by atoms with Crippen molar-refractivity contribution in [3.05, 3.63) is 75.1 Å². The third-order valence-corrected chi connectivity index (χ3v) is 7.10. The maximum absolute atomic E-state index is 12.8. The third kappa shape index (κ3) is 4.90. The fraction of sp³-hybridized carbons (Fsp3) is 0.150. The van der Waals surface area contributed by atoms with Gasteiger partial charge in [0, 0.05) is 27.8 Å². The zero-order chi connectivity index (χ0) is 19.6. The van der Waals surface area contributed by atoms with Crippen LogP contribution in [0.15, 0.2) is 53.9 Å². The average molecular weight is 439 g/mol. The van der Waals surface area contributed by atoms with E-state index in [1.54, 1.807) is 41.8 Å². The Labute approximate surface area is 171 Å². The van der Waals surface area contributed by atoms with Gasteiger partial charge in [-0.15, -0.1) is 11.3 Å². The number of benzene rings is 2. The van der Waals surface area contributed by atoms with E-state index in [1.165, 1.54) is 18.0 Å². The van der Waals surface area contributed by atoms with Gasteiger partial charge in [0.15, 0.2) is 5.78 Å². The number of carbonyl (C=O) groups is 1. The van der Waals surface area contributed by atoms with Gasteiger partial charge in [0.05, 0.1) is 0 Å². The summed E-state index contributed by atoms with van der Waals surface area (Å²) in [6.45, 7) is 1.23. The van der Waals surface area contributed by atoms with E-state index in [2.05, 4.69) is 0 Å². The predicted molar refractivity (Wildman–Crippen MR) is 115 cm³/mol. The van der Waals surface area contributed by atoms with Crippen molar-refractivity contribution in [3.63, 3.8) is 0 Å². The Hall–Kier alpha value is -1.42. The van der Waals surface area contributed by atoms with Gasteiger partial charge in [-0.2, -0.15) is 0 Å². The largest absolute Gasteiger partial charge is 0.344 e. The first kappa shape index (κ1) is 20.3. The molecule has 0 aliphatic carbocycles. The van der Waals surface area contributed by atoms with Crippen molar-refractivity contribution in [1.82, 2.24) is 0 Å². The highest BCUT2D eigenvalue weighted by molar-refractivity contribution is 7.58. The number of fused-ring (bicyclic) bond motifs is 1. The molecule has 27 heavy (non-hydrogen) atoms. The Morgan fingerprint density at radius 2 is 1.96 bits per heavy atom. The fourth-order valence-electron chi connectivity index (χ4n) is 2.96. The van der Waals surface area contributed by atoms with Crippen molar-refractivity contribution in [1.29, 1.82) is 0 Å². The fourth-order valence-corrected chi connectivity index (χ4v) is 5.77. The Bertz CT molecular complexity index is 1070. The van der Waals surface area contributed by atoms with Crippen LogP contribution in [0.3, 0.4) is 0 Å². The van der Waals surface area contributed by atoms with Crippen molar-refractivity contribution < 1.29 is 14.3 Å².